The van der Waals surface area contributed by atoms with Crippen molar-refractivity contribution in [2.45, 2.75) is 154 Å². The molecule has 1 N–H and O–H groups in total. The van der Waals surface area contributed by atoms with Crippen molar-refractivity contribution in [3.63, 3.8) is 0 Å². The van der Waals surface area contributed by atoms with Gasteiger partial charge in [-0.15, -0.1) is 0 Å². The second-order valence-corrected chi connectivity index (χ2v) is 10.8. The van der Waals surface area contributed by atoms with Crippen molar-refractivity contribution in [1.29, 1.82) is 0 Å². The van der Waals surface area contributed by atoms with Gasteiger partial charge in [-0.25, -0.2) is 8.42 Å². The molecule has 0 aliphatic heterocycles. The molecule has 2 atom stereocenters. The SMILES string of the molecule is CCCCCCCCCCCCCCCCCCC(O)CCCC(C)S(=O)(=O)[O-].[Na+]. The zero-order valence-electron chi connectivity index (χ0n) is 20.4. The van der Waals surface area contributed by atoms with Gasteiger partial charge < -0.3 is 9.66 Å². The molecule has 0 aromatic rings. The number of hydrogen-bond acceptors (Lipinski definition) is 4. The first-order valence-electron chi connectivity index (χ1n) is 12.5. The number of aliphatic hydroxyl groups is 1. The third-order valence-corrected chi connectivity index (χ3v) is 7.25. The molecule has 0 spiro atoms. The van der Waals surface area contributed by atoms with Gasteiger partial charge in [-0.2, -0.15) is 0 Å². The molecule has 2 unspecified atom stereocenters. The Hall–Kier alpha value is 0.870. The van der Waals surface area contributed by atoms with E-state index < -0.39 is 15.4 Å². The third kappa shape index (κ3) is 23.5. The van der Waals surface area contributed by atoms with Crippen molar-refractivity contribution in [3.05, 3.63) is 0 Å². The number of rotatable bonds is 22. The Morgan fingerprint density at radius 1 is 0.633 bits per heavy atom. The molecule has 30 heavy (non-hydrogen) atoms. The second-order valence-electron chi connectivity index (χ2n) is 8.98. The molecule has 6 heteroatoms. The van der Waals surface area contributed by atoms with Gasteiger partial charge in [0.2, 0.25) is 0 Å². The molecular formula is C24H49NaO4S. The first-order chi connectivity index (χ1) is 13.9. The smallest absolute Gasteiger partial charge is 0.748 e. The predicted molar refractivity (Wildman–Crippen MR) is 123 cm³/mol. The van der Waals surface area contributed by atoms with Crippen LogP contribution in [0.15, 0.2) is 0 Å². The maximum atomic E-state index is 10.8. The molecule has 176 valence electrons. The minimum Gasteiger partial charge on any atom is -0.748 e. The van der Waals surface area contributed by atoms with Crippen LogP contribution < -0.4 is 29.6 Å². The van der Waals surface area contributed by atoms with E-state index >= 15 is 0 Å². The van der Waals surface area contributed by atoms with Gasteiger partial charge in [0.15, 0.2) is 0 Å². The van der Waals surface area contributed by atoms with Crippen molar-refractivity contribution in [1.82, 2.24) is 0 Å². The van der Waals surface area contributed by atoms with Gasteiger partial charge >= 0.3 is 29.6 Å². The largest absolute Gasteiger partial charge is 1.00 e. The Morgan fingerprint density at radius 3 is 1.33 bits per heavy atom. The van der Waals surface area contributed by atoms with Crippen LogP contribution in [0.5, 0.6) is 0 Å². The first kappa shape index (κ1) is 33.0. The van der Waals surface area contributed by atoms with Crippen LogP contribution in [0.4, 0.5) is 0 Å². The molecule has 0 heterocycles. The van der Waals surface area contributed by atoms with Crippen molar-refractivity contribution >= 4 is 10.1 Å². The van der Waals surface area contributed by atoms with Gasteiger partial charge in [-0.3, -0.25) is 0 Å². The quantitative estimate of drug-likeness (QED) is 0.151. The molecule has 0 saturated carbocycles. The predicted octanol–water partition coefficient (Wildman–Crippen LogP) is 4.11. The Bertz CT molecular complexity index is 442. The van der Waals surface area contributed by atoms with E-state index in [1.54, 1.807) is 0 Å². The van der Waals surface area contributed by atoms with E-state index in [-0.39, 0.29) is 35.7 Å². The van der Waals surface area contributed by atoms with Gasteiger partial charge in [0.25, 0.3) is 0 Å². The average molecular weight is 457 g/mol. The third-order valence-electron chi connectivity index (χ3n) is 6.03. The Morgan fingerprint density at radius 2 is 0.967 bits per heavy atom. The summed E-state index contributed by atoms with van der Waals surface area (Å²) >= 11 is 0. The van der Waals surface area contributed by atoms with Crippen LogP contribution in [0.3, 0.4) is 0 Å². The van der Waals surface area contributed by atoms with E-state index in [1.165, 1.54) is 103 Å². The minimum atomic E-state index is -4.18. The monoisotopic (exact) mass is 456 g/mol. The summed E-state index contributed by atoms with van der Waals surface area (Å²) in [6.45, 7) is 3.72. The summed E-state index contributed by atoms with van der Waals surface area (Å²) in [7, 11) is -4.18. The fraction of sp³-hybridized carbons (Fsp3) is 1.00. The summed E-state index contributed by atoms with van der Waals surface area (Å²) in [5.74, 6) is 0. The Balaban J connectivity index is 0. The van der Waals surface area contributed by atoms with Crippen molar-refractivity contribution in [3.8, 4) is 0 Å². The first-order valence-corrected chi connectivity index (χ1v) is 14.0. The molecular weight excluding hydrogens is 407 g/mol. The number of unbranched alkanes of at least 4 members (excludes halogenated alkanes) is 15. The zero-order valence-corrected chi connectivity index (χ0v) is 23.2. The molecule has 0 saturated heterocycles. The zero-order chi connectivity index (χ0) is 21.8. The van der Waals surface area contributed by atoms with E-state index in [4.69, 9.17) is 0 Å². The minimum absolute atomic E-state index is 0. The molecule has 0 rings (SSSR count). The number of hydrogen-bond donors (Lipinski definition) is 1. The molecule has 4 nitrogen and oxygen atoms in total. The summed E-state index contributed by atoms with van der Waals surface area (Å²) < 4.78 is 32.5. The maximum Gasteiger partial charge on any atom is 1.00 e. The van der Waals surface area contributed by atoms with Crippen molar-refractivity contribution < 1.29 is 47.6 Å². The number of aliphatic hydroxyl groups excluding tert-OH is 1. The van der Waals surface area contributed by atoms with E-state index in [1.807, 2.05) is 0 Å². The molecule has 0 amide bonds. The second kappa shape index (κ2) is 23.0. The van der Waals surface area contributed by atoms with Crippen LogP contribution in [-0.2, 0) is 10.1 Å². The van der Waals surface area contributed by atoms with Crippen LogP contribution in [0.1, 0.15) is 142 Å². The van der Waals surface area contributed by atoms with E-state index in [9.17, 15) is 18.1 Å². The van der Waals surface area contributed by atoms with E-state index in [2.05, 4.69) is 6.92 Å². The topological polar surface area (TPSA) is 77.4 Å². The summed E-state index contributed by atoms with van der Waals surface area (Å²) in [5, 5.41) is 9.11. The van der Waals surface area contributed by atoms with Gasteiger partial charge in [-0.05, 0) is 32.6 Å². The van der Waals surface area contributed by atoms with Gasteiger partial charge in [0.05, 0.1) is 16.2 Å². The molecule has 0 bridgehead atoms. The molecule has 0 radical (unpaired) electrons. The fourth-order valence-electron chi connectivity index (χ4n) is 3.86. The van der Waals surface area contributed by atoms with Crippen LogP contribution >= 0.6 is 0 Å². The maximum absolute atomic E-state index is 10.8. The van der Waals surface area contributed by atoms with Crippen LogP contribution in [-0.4, -0.2) is 29.4 Å². The summed E-state index contributed by atoms with van der Waals surface area (Å²) in [6, 6.07) is 0. The van der Waals surface area contributed by atoms with Crippen molar-refractivity contribution in [2.75, 3.05) is 0 Å². The molecule has 0 fully saturated rings. The molecule has 0 aromatic heterocycles. The van der Waals surface area contributed by atoms with Crippen LogP contribution in [0.25, 0.3) is 0 Å². The van der Waals surface area contributed by atoms with Gasteiger partial charge in [-0.1, -0.05) is 110 Å². The van der Waals surface area contributed by atoms with Crippen LogP contribution in [0, 0.1) is 0 Å². The molecule has 0 aliphatic carbocycles. The normalized spacial score (nSPS) is 13.7. The Kier molecular flexibility index (Phi) is 25.4. The van der Waals surface area contributed by atoms with E-state index in [0.717, 1.165) is 12.8 Å². The Labute approximate surface area is 210 Å². The van der Waals surface area contributed by atoms with E-state index in [0.29, 0.717) is 19.3 Å². The molecule has 0 aliphatic rings. The van der Waals surface area contributed by atoms with Gasteiger partial charge in [0.1, 0.15) is 0 Å². The summed E-state index contributed by atoms with van der Waals surface area (Å²) in [4.78, 5) is 0. The van der Waals surface area contributed by atoms with Crippen LogP contribution in [0.2, 0.25) is 0 Å². The van der Waals surface area contributed by atoms with Crippen molar-refractivity contribution in [2.24, 2.45) is 0 Å². The van der Waals surface area contributed by atoms with Gasteiger partial charge in [0, 0.05) is 5.25 Å². The standard InChI is InChI=1S/C24H50O4S.Na/c1-3-4-5-6-7-8-9-10-11-12-13-14-15-16-17-18-21-24(25)22-19-20-23(2)29(26,27)28;/h23-25H,3-22H2,1-2H3,(H,26,27,28);/q;+1/p-1. The summed E-state index contributed by atoms with van der Waals surface area (Å²) in [5.41, 5.74) is 0. The fourth-order valence-corrected chi connectivity index (χ4v) is 4.31. The molecule has 0 aromatic carbocycles. The summed E-state index contributed by atoms with van der Waals surface area (Å²) in [6.07, 6.45) is 23.5. The average Bonchev–Trinajstić information content (AvgIpc) is 2.66.